The van der Waals surface area contributed by atoms with Crippen LogP contribution in [-0.2, 0) is 14.3 Å². The summed E-state index contributed by atoms with van der Waals surface area (Å²) in [6, 6.07) is 13.8. The highest BCUT2D eigenvalue weighted by Gasteiger charge is 2.44. The van der Waals surface area contributed by atoms with Crippen LogP contribution in [0.3, 0.4) is 0 Å². The molecule has 0 radical (unpaired) electrons. The molecule has 0 aromatic heterocycles. The fourth-order valence-electron chi connectivity index (χ4n) is 4.63. The molecule has 8 heteroatoms. The van der Waals surface area contributed by atoms with Gasteiger partial charge in [-0.3, -0.25) is 14.5 Å². The smallest absolute Gasteiger partial charge is 0.290 e. The Kier molecular flexibility index (Phi) is 8.40. The van der Waals surface area contributed by atoms with Crippen LogP contribution < -0.4 is 9.47 Å². The highest BCUT2D eigenvalue weighted by Crippen LogP contribution is 2.43. The minimum atomic E-state index is -0.805. The number of hydrogen-bond donors (Lipinski definition) is 1. The third-order valence-electron chi connectivity index (χ3n) is 6.50. The summed E-state index contributed by atoms with van der Waals surface area (Å²) in [5.41, 5.74) is 1.45. The fourth-order valence-corrected chi connectivity index (χ4v) is 4.63. The number of ketones is 1. The summed E-state index contributed by atoms with van der Waals surface area (Å²) in [6.07, 6.45) is 3.75. The number of aliphatic hydroxyl groups is 1. The highest BCUT2D eigenvalue weighted by molar-refractivity contribution is 6.14. The number of nitrogens with zero attached hydrogens (tertiary/aromatic N) is 2. The second kappa shape index (κ2) is 11.9. The first kappa shape index (κ1) is 25.5. The zero-order valence-electron chi connectivity index (χ0n) is 20.7. The number of ether oxygens (including phenoxy) is 3. The van der Waals surface area contributed by atoms with E-state index in [4.69, 9.17) is 14.2 Å². The molecule has 1 saturated heterocycles. The Labute approximate surface area is 211 Å². The fraction of sp³-hybridized carbons (Fsp3) is 0.357. The predicted octanol–water partition coefficient (Wildman–Crippen LogP) is 3.40. The van der Waals surface area contributed by atoms with Crippen LogP contribution in [0.5, 0.6) is 11.5 Å². The maximum absolute atomic E-state index is 13.4. The van der Waals surface area contributed by atoms with Gasteiger partial charge in [0.05, 0.1) is 39.0 Å². The summed E-state index contributed by atoms with van der Waals surface area (Å²) < 4.78 is 16.4. The summed E-state index contributed by atoms with van der Waals surface area (Å²) in [5.74, 6) is -0.471. The van der Waals surface area contributed by atoms with Crippen molar-refractivity contribution in [2.45, 2.75) is 12.5 Å². The topological polar surface area (TPSA) is 88.5 Å². The van der Waals surface area contributed by atoms with Crippen LogP contribution >= 0.6 is 0 Å². The summed E-state index contributed by atoms with van der Waals surface area (Å²) >= 11 is 0. The van der Waals surface area contributed by atoms with Crippen molar-refractivity contribution in [1.29, 1.82) is 0 Å². The summed E-state index contributed by atoms with van der Waals surface area (Å²) in [7, 11) is 3.08. The average molecular weight is 493 g/mol. The first-order chi connectivity index (χ1) is 17.5. The van der Waals surface area contributed by atoms with Gasteiger partial charge in [-0.25, -0.2) is 0 Å². The molecule has 2 aromatic rings. The number of hydrogen-bond acceptors (Lipinski definition) is 7. The molecule has 2 aliphatic heterocycles. The van der Waals surface area contributed by atoms with Crippen molar-refractivity contribution in [3.05, 3.63) is 77.1 Å². The van der Waals surface area contributed by atoms with Gasteiger partial charge in [0, 0.05) is 31.7 Å². The molecule has 0 aliphatic carbocycles. The molecular formula is C28H32N2O6. The summed E-state index contributed by atoms with van der Waals surface area (Å²) in [6.45, 7) is 4.23. The molecular weight excluding hydrogens is 460 g/mol. The van der Waals surface area contributed by atoms with E-state index < -0.39 is 23.5 Å². The minimum Gasteiger partial charge on any atom is -0.503 e. The van der Waals surface area contributed by atoms with Gasteiger partial charge in [0.2, 0.25) is 0 Å². The van der Waals surface area contributed by atoms with E-state index in [0.29, 0.717) is 43.2 Å². The first-order valence-corrected chi connectivity index (χ1v) is 12.1. The minimum absolute atomic E-state index is 0.0325. The number of carbonyl (C=O) groups excluding carboxylic acids is 2. The number of rotatable bonds is 10. The van der Waals surface area contributed by atoms with Crippen molar-refractivity contribution in [3.8, 4) is 11.5 Å². The second-order valence-corrected chi connectivity index (χ2v) is 8.69. The van der Waals surface area contributed by atoms with E-state index in [1.807, 2.05) is 30.3 Å². The van der Waals surface area contributed by atoms with Crippen LogP contribution in [0.25, 0.3) is 6.08 Å². The van der Waals surface area contributed by atoms with Crippen molar-refractivity contribution >= 4 is 17.8 Å². The maximum Gasteiger partial charge on any atom is 0.290 e. The van der Waals surface area contributed by atoms with Gasteiger partial charge in [-0.15, -0.1) is 0 Å². The van der Waals surface area contributed by atoms with Crippen LogP contribution in [0.2, 0.25) is 0 Å². The molecule has 2 aromatic carbocycles. The molecule has 190 valence electrons. The van der Waals surface area contributed by atoms with Crippen LogP contribution in [0.4, 0.5) is 0 Å². The zero-order chi connectivity index (χ0) is 25.5. The summed E-state index contributed by atoms with van der Waals surface area (Å²) in [4.78, 5) is 30.5. The van der Waals surface area contributed by atoms with Gasteiger partial charge in [-0.1, -0.05) is 36.4 Å². The standard InChI is InChI=1S/C28H32N2O6/c1-34-21-10-12-24(35-2)22(19-21)26-25(23(31)11-9-20-7-4-3-5-8-20)27(32)28(33)30(26)14-6-13-29-15-17-36-18-16-29/h3-5,7-12,19,26,32H,6,13-18H2,1-2H3/b11-9+/t26-/m0/s1. The van der Waals surface area contributed by atoms with Gasteiger partial charge in [0.1, 0.15) is 11.5 Å². The van der Waals surface area contributed by atoms with Crippen molar-refractivity contribution in [2.75, 3.05) is 53.6 Å². The zero-order valence-corrected chi connectivity index (χ0v) is 20.7. The molecule has 36 heavy (non-hydrogen) atoms. The van der Waals surface area contributed by atoms with Gasteiger partial charge in [0.15, 0.2) is 11.5 Å². The molecule has 2 heterocycles. The van der Waals surface area contributed by atoms with Crippen molar-refractivity contribution in [2.24, 2.45) is 0 Å². The largest absolute Gasteiger partial charge is 0.503 e. The van der Waals surface area contributed by atoms with Crippen LogP contribution in [0.15, 0.2) is 65.9 Å². The molecule has 1 N–H and O–H groups in total. The quantitative estimate of drug-likeness (QED) is 0.509. The van der Waals surface area contributed by atoms with E-state index in [-0.39, 0.29) is 5.57 Å². The van der Waals surface area contributed by atoms with Crippen molar-refractivity contribution in [3.63, 3.8) is 0 Å². The van der Waals surface area contributed by atoms with E-state index in [9.17, 15) is 14.7 Å². The molecule has 2 aliphatic rings. The van der Waals surface area contributed by atoms with Gasteiger partial charge in [-0.2, -0.15) is 0 Å². The highest BCUT2D eigenvalue weighted by atomic mass is 16.5. The van der Waals surface area contributed by atoms with E-state index in [2.05, 4.69) is 4.90 Å². The Morgan fingerprint density at radius 2 is 1.83 bits per heavy atom. The summed E-state index contributed by atoms with van der Waals surface area (Å²) in [5, 5.41) is 10.9. The maximum atomic E-state index is 13.4. The Morgan fingerprint density at radius 3 is 2.53 bits per heavy atom. The number of amides is 1. The lowest BCUT2D eigenvalue weighted by atomic mass is 9.94. The number of allylic oxidation sites excluding steroid dienone is 1. The number of carbonyl (C=O) groups is 2. The number of methoxy groups -OCH3 is 2. The van der Waals surface area contributed by atoms with Crippen molar-refractivity contribution in [1.82, 2.24) is 9.80 Å². The SMILES string of the molecule is COc1ccc(OC)c([C@H]2C(C(=O)/C=C/c3ccccc3)=C(O)C(=O)N2CCCN2CCOCC2)c1. The van der Waals surface area contributed by atoms with E-state index in [1.54, 1.807) is 36.3 Å². The predicted molar refractivity (Wildman–Crippen MR) is 136 cm³/mol. The lowest BCUT2D eigenvalue weighted by Gasteiger charge is -2.30. The van der Waals surface area contributed by atoms with Crippen LogP contribution in [-0.4, -0.2) is 80.2 Å². The molecule has 0 spiro atoms. The molecule has 0 unspecified atom stereocenters. The molecule has 4 rings (SSSR count). The number of aliphatic hydroxyl groups excluding tert-OH is 1. The first-order valence-electron chi connectivity index (χ1n) is 12.1. The van der Waals surface area contributed by atoms with Gasteiger partial charge < -0.3 is 24.2 Å². The van der Waals surface area contributed by atoms with Crippen LogP contribution in [0.1, 0.15) is 23.6 Å². The Balaban J connectivity index is 1.66. The normalized spacial score (nSPS) is 18.8. The van der Waals surface area contributed by atoms with E-state index >= 15 is 0 Å². The molecule has 1 atom stereocenters. The van der Waals surface area contributed by atoms with Gasteiger partial charge >= 0.3 is 0 Å². The molecule has 1 fully saturated rings. The number of benzene rings is 2. The lowest BCUT2D eigenvalue weighted by Crippen LogP contribution is -2.39. The molecule has 8 nitrogen and oxygen atoms in total. The monoisotopic (exact) mass is 492 g/mol. The third kappa shape index (κ3) is 5.61. The second-order valence-electron chi connectivity index (χ2n) is 8.69. The molecule has 0 saturated carbocycles. The Bertz CT molecular complexity index is 1140. The van der Waals surface area contributed by atoms with E-state index in [1.165, 1.54) is 13.2 Å². The number of morpholine rings is 1. The molecule has 0 bridgehead atoms. The van der Waals surface area contributed by atoms with Crippen LogP contribution in [0, 0.1) is 0 Å². The van der Waals surface area contributed by atoms with Crippen molar-refractivity contribution < 1.29 is 28.9 Å². The lowest BCUT2D eigenvalue weighted by molar-refractivity contribution is -0.129. The Morgan fingerprint density at radius 1 is 1.08 bits per heavy atom. The van der Waals surface area contributed by atoms with Gasteiger partial charge in [-0.05, 0) is 36.3 Å². The van der Waals surface area contributed by atoms with E-state index in [0.717, 1.165) is 25.2 Å². The molecule has 1 amide bonds. The van der Waals surface area contributed by atoms with Gasteiger partial charge in [0.25, 0.3) is 5.91 Å². The average Bonchev–Trinajstić information content (AvgIpc) is 3.17. The Hall–Kier alpha value is -3.62. The third-order valence-corrected chi connectivity index (χ3v) is 6.50.